The first kappa shape index (κ1) is 11.0. The summed E-state index contributed by atoms with van der Waals surface area (Å²) in [5.74, 6) is 0. The van der Waals surface area contributed by atoms with Gasteiger partial charge in [-0.2, -0.15) is 0 Å². The molecule has 2 aliphatic heterocycles. The quantitative estimate of drug-likeness (QED) is 0.675. The van der Waals surface area contributed by atoms with Crippen LogP contribution in [0, 0.1) is 0 Å². The predicted octanol–water partition coefficient (Wildman–Crippen LogP) is -0.0358. The van der Waals surface area contributed by atoms with Crippen molar-refractivity contribution in [3.05, 3.63) is 21.6 Å². The molecular formula is C12H20N4O. The van der Waals surface area contributed by atoms with E-state index in [0.29, 0.717) is 6.04 Å². The minimum absolute atomic E-state index is 0.166. The van der Waals surface area contributed by atoms with Crippen LogP contribution in [0.4, 0.5) is 0 Å². The van der Waals surface area contributed by atoms with E-state index in [9.17, 15) is 4.79 Å². The van der Waals surface area contributed by atoms with Gasteiger partial charge in [-0.1, -0.05) is 6.42 Å². The molecule has 3 heterocycles. The Balaban J connectivity index is 1.78. The highest BCUT2D eigenvalue weighted by molar-refractivity contribution is 5.20. The summed E-state index contributed by atoms with van der Waals surface area (Å²) < 4.78 is 1.79. The minimum Gasteiger partial charge on any atom is -0.312 e. The second-order valence-corrected chi connectivity index (χ2v) is 5.06. The summed E-state index contributed by atoms with van der Waals surface area (Å²) >= 11 is 0. The number of aromatic amines is 1. The van der Waals surface area contributed by atoms with Crippen LogP contribution in [0.2, 0.25) is 0 Å². The maximum Gasteiger partial charge on any atom is 0.271 e. The van der Waals surface area contributed by atoms with Gasteiger partial charge in [0, 0.05) is 31.2 Å². The Bertz CT molecular complexity index is 442. The van der Waals surface area contributed by atoms with Gasteiger partial charge in [0.25, 0.3) is 5.56 Å². The van der Waals surface area contributed by atoms with Crippen LogP contribution >= 0.6 is 0 Å². The molecule has 0 spiro atoms. The zero-order valence-electron chi connectivity index (χ0n) is 10.1. The van der Waals surface area contributed by atoms with Gasteiger partial charge in [-0.05, 0) is 19.4 Å². The summed E-state index contributed by atoms with van der Waals surface area (Å²) in [5.41, 5.74) is 2.23. The molecule has 3 rings (SSSR count). The van der Waals surface area contributed by atoms with Gasteiger partial charge in [0.2, 0.25) is 0 Å². The van der Waals surface area contributed by atoms with Gasteiger partial charge in [-0.15, -0.1) is 0 Å². The average Bonchev–Trinajstić information content (AvgIpc) is 2.68. The molecule has 0 amide bonds. The Labute approximate surface area is 101 Å². The van der Waals surface area contributed by atoms with Crippen molar-refractivity contribution in [1.29, 1.82) is 0 Å². The Hall–Kier alpha value is -1.07. The highest BCUT2D eigenvalue weighted by Crippen LogP contribution is 2.10. The van der Waals surface area contributed by atoms with Crippen molar-refractivity contribution in [3.63, 3.8) is 0 Å². The van der Waals surface area contributed by atoms with Gasteiger partial charge in [-0.3, -0.25) is 14.6 Å². The van der Waals surface area contributed by atoms with Crippen LogP contribution in [0.15, 0.2) is 4.79 Å². The van der Waals surface area contributed by atoms with E-state index in [0.717, 1.165) is 43.9 Å². The molecule has 1 fully saturated rings. The number of H-pyrrole nitrogens is 1. The van der Waals surface area contributed by atoms with Crippen LogP contribution in [0.25, 0.3) is 0 Å². The van der Waals surface area contributed by atoms with Crippen molar-refractivity contribution >= 4 is 0 Å². The van der Waals surface area contributed by atoms with Gasteiger partial charge < -0.3 is 10.6 Å². The van der Waals surface area contributed by atoms with Gasteiger partial charge in [-0.25, -0.2) is 0 Å². The lowest BCUT2D eigenvalue weighted by atomic mass is 10.1. The molecular weight excluding hydrogens is 216 g/mol. The van der Waals surface area contributed by atoms with E-state index in [1.54, 1.807) is 4.68 Å². The molecule has 0 radical (unpaired) electrons. The molecule has 0 aromatic carbocycles. The van der Waals surface area contributed by atoms with Crippen LogP contribution in [0.3, 0.4) is 0 Å². The first-order chi connectivity index (χ1) is 8.34. The maximum absolute atomic E-state index is 12.2. The molecule has 1 aromatic rings. The molecule has 94 valence electrons. The van der Waals surface area contributed by atoms with E-state index in [1.165, 1.54) is 19.3 Å². The monoisotopic (exact) mass is 236 g/mol. The van der Waals surface area contributed by atoms with Crippen LogP contribution in [-0.2, 0) is 19.5 Å². The van der Waals surface area contributed by atoms with Gasteiger partial charge in [0.15, 0.2) is 0 Å². The maximum atomic E-state index is 12.2. The highest BCUT2D eigenvalue weighted by Gasteiger charge is 2.20. The lowest BCUT2D eigenvalue weighted by molar-refractivity contribution is 0.347. The number of nitrogens with zero attached hydrogens (tertiary/aromatic N) is 1. The number of rotatable bonds is 2. The summed E-state index contributed by atoms with van der Waals surface area (Å²) in [5, 5.41) is 10.0. The molecule has 3 N–H and O–H groups in total. The zero-order chi connectivity index (χ0) is 11.7. The van der Waals surface area contributed by atoms with E-state index in [2.05, 4.69) is 15.7 Å². The molecule has 1 aromatic heterocycles. The number of hydrogen-bond acceptors (Lipinski definition) is 3. The van der Waals surface area contributed by atoms with E-state index in [1.807, 2.05) is 0 Å². The van der Waals surface area contributed by atoms with Crippen LogP contribution in [-0.4, -0.2) is 28.9 Å². The molecule has 2 aliphatic rings. The molecule has 0 saturated carbocycles. The topological polar surface area (TPSA) is 61.9 Å². The molecule has 5 heteroatoms. The fourth-order valence-electron chi connectivity index (χ4n) is 2.82. The fourth-order valence-corrected chi connectivity index (χ4v) is 2.82. The van der Waals surface area contributed by atoms with Crippen molar-refractivity contribution in [2.45, 2.75) is 44.8 Å². The van der Waals surface area contributed by atoms with Gasteiger partial charge >= 0.3 is 0 Å². The summed E-state index contributed by atoms with van der Waals surface area (Å²) in [6, 6.07) is 0.453. The number of aromatic nitrogens is 2. The smallest absolute Gasteiger partial charge is 0.271 e. The number of fused-ring (bicyclic) bond motifs is 1. The summed E-state index contributed by atoms with van der Waals surface area (Å²) in [4.78, 5) is 12.2. The number of hydrogen-bond donors (Lipinski definition) is 3. The zero-order valence-corrected chi connectivity index (χ0v) is 10.1. The fraction of sp³-hybridized carbons (Fsp3) is 0.750. The number of nitrogens with one attached hydrogen (secondary N) is 3. The van der Waals surface area contributed by atoms with Crippen molar-refractivity contribution in [2.75, 3.05) is 13.1 Å². The molecule has 5 nitrogen and oxygen atoms in total. The molecule has 1 unspecified atom stereocenters. The SMILES string of the molecule is O=c1c2c([nH]n1CC1CCCCN1)CCNC2. The van der Waals surface area contributed by atoms with E-state index in [-0.39, 0.29) is 5.56 Å². The first-order valence-corrected chi connectivity index (χ1v) is 6.59. The summed E-state index contributed by atoms with van der Waals surface area (Å²) in [6.07, 6.45) is 4.65. The summed E-state index contributed by atoms with van der Waals surface area (Å²) in [7, 11) is 0. The lowest BCUT2D eigenvalue weighted by Gasteiger charge is -2.23. The largest absolute Gasteiger partial charge is 0.312 e. The standard InChI is InChI=1S/C12H20N4O/c17-12-10-7-13-6-4-11(10)15-16(12)8-9-3-1-2-5-14-9/h9,13-15H,1-8H2. The third kappa shape index (κ3) is 2.17. The van der Waals surface area contributed by atoms with Crippen molar-refractivity contribution < 1.29 is 0 Å². The lowest BCUT2D eigenvalue weighted by Crippen LogP contribution is -2.39. The van der Waals surface area contributed by atoms with Crippen molar-refractivity contribution in [3.8, 4) is 0 Å². The molecule has 0 bridgehead atoms. The first-order valence-electron chi connectivity index (χ1n) is 6.59. The molecule has 17 heavy (non-hydrogen) atoms. The highest BCUT2D eigenvalue weighted by atomic mass is 16.1. The third-order valence-electron chi connectivity index (χ3n) is 3.81. The Morgan fingerprint density at radius 1 is 1.29 bits per heavy atom. The van der Waals surface area contributed by atoms with Crippen molar-refractivity contribution in [1.82, 2.24) is 20.4 Å². The third-order valence-corrected chi connectivity index (χ3v) is 3.81. The van der Waals surface area contributed by atoms with Gasteiger partial charge in [0.05, 0.1) is 12.1 Å². The number of piperidine rings is 1. The second kappa shape index (κ2) is 4.66. The second-order valence-electron chi connectivity index (χ2n) is 5.06. The van der Waals surface area contributed by atoms with E-state index in [4.69, 9.17) is 0 Å². The Kier molecular flexibility index (Phi) is 3.03. The minimum atomic E-state index is 0.166. The molecule has 1 atom stereocenters. The molecule has 0 aliphatic carbocycles. The summed E-state index contributed by atoms with van der Waals surface area (Å²) in [6.45, 7) is 3.55. The van der Waals surface area contributed by atoms with E-state index >= 15 is 0 Å². The Morgan fingerprint density at radius 3 is 3.00 bits per heavy atom. The average molecular weight is 236 g/mol. The van der Waals surface area contributed by atoms with Gasteiger partial charge in [0.1, 0.15) is 0 Å². The predicted molar refractivity (Wildman–Crippen MR) is 66.1 cm³/mol. The van der Waals surface area contributed by atoms with E-state index < -0.39 is 0 Å². The van der Waals surface area contributed by atoms with Crippen LogP contribution < -0.4 is 16.2 Å². The van der Waals surface area contributed by atoms with Crippen molar-refractivity contribution in [2.24, 2.45) is 0 Å². The Morgan fingerprint density at radius 2 is 2.24 bits per heavy atom. The normalized spacial score (nSPS) is 24.6. The molecule has 1 saturated heterocycles. The van der Waals surface area contributed by atoms with Crippen LogP contribution in [0.1, 0.15) is 30.5 Å². The van der Waals surface area contributed by atoms with Crippen LogP contribution in [0.5, 0.6) is 0 Å².